The second-order valence-corrected chi connectivity index (χ2v) is 3.67. The molecule has 0 saturated carbocycles. The zero-order chi connectivity index (χ0) is 14.5. The van der Waals surface area contributed by atoms with E-state index in [0.29, 0.717) is 5.56 Å². The van der Waals surface area contributed by atoms with Crippen LogP contribution in [0.1, 0.15) is 12.5 Å². The summed E-state index contributed by atoms with van der Waals surface area (Å²) in [6.45, 7) is 1.40. The molecule has 0 heterocycles. The van der Waals surface area contributed by atoms with Crippen LogP contribution in [0.5, 0.6) is 0 Å². The first-order valence-electron chi connectivity index (χ1n) is 5.54. The maximum absolute atomic E-state index is 12.5. The predicted molar refractivity (Wildman–Crippen MR) is 63.1 cm³/mol. The van der Waals surface area contributed by atoms with Gasteiger partial charge in [-0.2, -0.15) is 13.2 Å². The van der Waals surface area contributed by atoms with Crippen LogP contribution in [0.15, 0.2) is 35.9 Å². The van der Waals surface area contributed by atoms with Crippen LogP contribution < -0.4 is 0 Å². The number of alkyl halides is 3. The molecule has 0 spiro atoms. The summed E-state index contributed by atoms with van der Waals surface area (Å²) >= 11 is 0. The molecule has 1 aromatic carbocycles. The van der Waals surface area contributed by atoms with Gasteiger partial charge in [0.05, 0.1) is 12.2 Å². The highest BCUT2D eigenvalue weighted by Gasteiger charge is 2.43. The molecule has 0 bridgehead atoms. The molecule has 19 heavy (non-hydrogen) atoms. The van der Waals surface area contributed by atoms with Crippen LogP contribution in [0.3, 0.4) is 0 Å². The lowest BCUT2D eigenvalue weighted by Crippen LogP contribution is -2.34. The van der Waals surface area contributed by atoms with Gasteiger partial charge in [0.2, 0.25) is 0 Å². The number of carbonyl (C=O) groups is 1. The van der Waals surface area contributed by atoms with E-state index in [9.17, 15) is 23.1 Å². The number of ether oxygens (including phenoxy) is 1. The summed E-state index contributed by atoms with van der Waals surface area (Å²) in [6.07, 6.45) is -6.82. The Kier molecular flexibility index (Phi) is 5.11. The normalized spacial score (nSPS) is 14.1. The Balaban J connectivity index is 3.13. The molecule has 6 heteroatoms. The number of aliphatic hydroxyl groups is 1. The van der Waals surface area contributed by atoms with E-state index in [4.69, 9.17) is 0 Å². The van der Waals surface area contributed by atoms with E-state index in [1.54, 1.807) is 18.2 Å². The average molecular weight is 274 g/mol. The smallest absolute Gasteiger partial charge is 0.418 e. The fourth-order valence-corrected chi connectivity index (χ4v) is 1.37. The zero-order valence-corrected chi connectivity index (χ0v) is 10.1. The van der Waals surface area contributed by atoms with Crippen LogP contribution in [-0.4, -0.2) is 30.0 Å². The summed E-state index contributed by atoms with van der Waals surface area (Å²) in [7, 11) is 0. The maximum atomic E-state index is 12.5. The predicted octanol–water partition coefficient (Wildman–Crippen LogP) is 2.56. The van der Waals surface area contributed by atoms with E-state index in [2.05, 4.69) is 4.74 Å². The van der Waals surface area contributed by atoms with Crippen LogP contribution in [0.4, 0.5) is 13.2 Å². The summed E-state index contributed by atoms with van der Waals surface area (Å²) < 4.78 is 42.0. The van der Waals surface area contributed by atoms with Gasteiger partial charge in [-0.3, -0.25) is 0 Å². The van der Waals surface area contributed by atoms with E-state index in [-0.39, 0.29) is 6.61 Å². The lowest BCUT2D eigenvalue weighted by Gasteiger charge is -2.17. The van der Waals surface area contributed by atoms with Crippen LogP contribution in [0.25, 0.3) is 6.08 Å². The molecular weight excluding hydrogens is 261 g/mol. The van der Waals surface area contributed by atoms with E-state index in [1.807, 2.05) is 0 Å². The molecule has 1 N–H and O–H groups in total. The van der Waals surface area contributed by atoms with E-state index < -0.39 is 23.8 Å². The highest BCUT2D eigenvalue weighted by atomic mass is 19.4. The second-order valence-electron chi connectivity index (χ2n) is 3.67. The van der Waals surface area contributed by atoms with E-state index in [0.717, 1.165) is 6.08 Å². The third-order valence-corrected chi connectivity index (χ3v) is 2.24. The number of benzene rings is 1. The first-order valence-corrected chi connectivity index (χ1v) is 5.54. The Bertz CT molecular complexity index is 452. The highest BCUT2D eigenvalue weighted by molar-refractivity contribution is 5.95. The first kappa shape index (κ1) is 15.2. The van der Waals surface area contributed by atoms with Gasteiger partial charge in [-0.15, -0.1) is 0 Å². The van der Waals surface area contributed by atoms with Crippen molar-refractivity contribution in [3.8, 4) is 0 Å². The Morgan fingerprint density at radius 3 is 2.42 bits per heavy atom. The Labute approximate surface area is 108 Å². The zero-order valence-electron chi connectivity index (χ0n) is 10.1. The van der Waals surface area contributed by atoms with Gasteiger partial charge in [-0.1, -0.05) is 30.3 Å². The number of hydrogen-bond donors (Lipinski definition) is 1. The number of halogens is 3. The molecule has 0 amide bonds. The number of rotatable bonds is 4. The van der Waals surface area contributed by atoms with Gasteiger partial charge in [0.25, 0.3) is 0 Å². The summed E-state index contributed by atoms with van der Waals surface area (Å²) in [5.74, 6) is -1.18. The molecule has 0 fully saturated rings. The van der Waals surface area contributed by atoms with Gasteiger partial charge in [-0.25, -0.2) is 4.79 Å². The number of hydrogen-bond acceptors (Lipinski definition) is 3. The minimum absolute atomic E-state index is 0.0739. The van der Waals surface area contributed by atoms with Crippen molar-refractivity contribution in [2.24, 2.45) is 0 Å². The molecule has 1 rings (SSSR count). The summed E-state index contributed by atoms with van der Waals surface area (Å²) in [5.41, 5.74) is -0.464. The van der Waals surface area contributed by atoms with Crippen molar-refractivity contribution in [3.63, 3.8) is 0 Å². The van der Waals surface area contributed by atoms with Gasteiger partial charge >= 0.3 is 12.1 Å². The van der Waals surface area contributed by atoms with Crippen LogP contribution in [0, 0.1) is 0 Å². The summed E-state index contributed by atoms with van der Waals surface area (Å²) in [5, 5.41) is 9.21. The van der Waals surface area contributed by atoms with Crippen molar-refractivity contribution >= 4 is 12.0 Å². The van der Waals surface area contributed by atoms with Crippen molar-refractivity contribution < 1.29 is 27.8 Å². The van der Waals surface area contributed by atoms with E-state index >= 15 is 0 Å². The lowest BCUT2D eigenvalue weighted by molar-refractivity contribution is -0.194. The van der Waals surface area contributed by atoms with Crippen molar-refractivity contribution in [1.29, 1.82) is 0 Å². The molecule has 0 saturated heterocycles. The molecule has 1 unspecified atom stereocenters. The Morgan fingerprint density at radius 2 is 1.95 bits per heavy atom. The highest BCUT2D eigenvalue weighted by Crippen LogP contribution is 2.27. The number of carbonyl (C=O) groups excluding carboxylic acids is 1. The molecule has 0 radical (unpaired) electrons. The minimum atomic E-state index is -4.92. The third-order valence-electron chi connectivity index (χ3n) is 2.24. The van der Waals surface area contributed by atoms with Crippen molar-refractivity contribution in [3.05, 3.63) is 41.5 Å². The SMILES string of the molecule is CCOC(=O)/C(=C\c1ccccc1)C(O)C(F)(F)F. The van der Waals surface area contributed by atoms with Crippen LogP contribution in [-0.2, 0) is 9.53 Å². The lowest BCUT2D eigenvalue weighted by atomic mass is 10.1. The standard InChI is InChI=1S/C13H13F3O3/c1-2-19-12(18)10(11(17)13(14,15)16)8-9-6-4-3-5-7-9/h3-8,11,17H,2H2,1H3/b10-8-. The molecular formula is C13H13F3O3. The summed E-state index contributed by atoms with van der Waals surface area (Å²) in [6, 6.07) is 7.93. The van der Waals surface area contributed by atoms with Gasteiger partial charge in [0.15, 0.2) is 6.10 Å². The minimum Gasteiger partial charge on any atom is -0.463 e. The Morgan fingerprint density at radius 1 is 1.37 bits per heavy atom. The topological polar surface area (TPSA) is 46.5 Å². The molecule has 1 atom stereocenters. The number of aliphatic hydroxyl groups excluding tert-OH is 1. The van der Waals surface area contributed by atoms with Crippen LogP contribution >= 0.6 is 0 Å². The molecule has 104 valence electrons. The fraction of sp³-hybridized carbons (Fsp3) is 0.308. The van der Waals surface area contributed by atoms with Crippen molar-refractivity contribution in [2.45, 2.75) is 19.2 Å². The van der Waals surface area contributed by atoms with Crippen molar-refractivity contribution in [1.82, 2.24) is 0 Å². The van der Waals surface area contributed by atoms with E-state index in [1.165, 1.54) is 19.1 Å². The second kappa shape index (κ2) is 6.38. The van der Waals surface area contributed by atoms with Gasteiger partial charge in [0.1, 0.15) is 0 Å². The quantitative estimate of drug-likeness (QED) is 0.678. The fourth-order valence-electron chi connectivity index (χ4n) is 1.37. The monoisotopic (exact) mass is 274 g/mol. The van der Waals surface area contributed by atoms with Crippen molar-refractivity contribution in [2.75, 3.05) is 6.61 Å². The van der Waals surface area contributed by atoms with Crippen LogP contribution in [0.2, 0.25) is 0 Å². The molecule has 0 aromatic heterocycles. The molecule has 0 aliphatic carbocycles. The average Bonchev–Trinajstić information content (AvgIpc) is 2.35. The maximum Gasteiger partial charge on any atom is 0.418 e. The molecule has 0 aliphatic rings. The molecule has 3 nitrogen and oxygen atoms in total. The summed E-state index contributed by atoms with van der Waals surface area (Å²) in [4.78, 5) is 11.5. The third kappa shape index (κ3) is 4.40. The largest absolute Gasteiger partial charge is 0.463 e. The molecule has 1 aromatic rings. The van der Waals surface area contributed by atoms with Gasteiger partial charge in [-0.05, 0) is 18.6 Å². The molecule has 0 aliphatic heterocycles. The number of esters is 1. The van der Waals surface area contributed by atoms with Gasteiger partial charge < -0.3 is 9.84 Å². The van der Waals surface area contributed by atoms with Gasteiger partial charge in [0, 0.05) is 0 Å². The first-order chi connectivity index (χ1) is 8.86. The Hall–Kier alpha value is -1.82.